The average Bonchev–Trinajstić information content (AvgIpc) is 2.46. The van der Waals surface area contributed by atoms with Crippen molar-refractivity contribution in [1.29, 1.82) is 0 Å². The molecule has 0 aromatic carbocycles. The highest BCUT2D eigenvalue weighted by Gasteiger charge is 2.37. The third-order valence-electron chi connectivity index (χ3n) is 5.12. The third kappa shape index (κ3) is 6.13. The predicted molar refractivity (Wildman–Crippen MR) is 87.7 cm³/mol. The zero-order valence-corrected chi connectivity index (χ0v) is 14.7. The van der Waals surface area contributed by atoms with Crippen LogP contribution in [0, 0.1) is 17.3 Å². The Labute approximate surface area is 127 Å². The van der Waals surface area contributed by atoms with Gasteiger partial charge in [-0.05, 0) is 24.7 Å². The van der Waals surface area contributed by atoms with Crippen molar-refractivity contribution in [3.05, 3.63) is 0 Å². The van der Waals surface area contributed by atoms with Gasteiger partial charge in [-0.15, -0.1) is 0 Å². The first-order valence-corrected chi connectivity index (χ1v) is 8.75. The van der Waals surface area contributed by atoms with Gasteiger partial charge in [0.2, 0.25) is 0 Å². The van der Waals surface area contributed by atoms with Crippen molar-refractivity contribution in [2.75, 3.05) is 6.61 Å². The fourth-order valence-electron chi connectivity index (χ4n) is 2.93. The van der Waals surface area contributed by atoms with Crippen LogP contribution in [0.3, 0.4) is 0 Å². The van der Waals surface area contributed by atoms with Crippen molar-refractivity contribution in [3.8, 4) is 0 Å². The molecule has 20 heavy (non-hydrogen) atoms. The van der Waals surface area contributed by atoms with E-state index < -0.39 is 6.29 Å². The van der Waals surface area contributed by atoms with E-state index in [0.717, 1.165) is 25.7 Å². The van der Waals surface area contributed by atoms with Gasteiger partial charge in [0.05, 0.1) is 6.61 Å². The van der Waals surface area contributed by atoms with Gasteiger partial charge in [-0.25, -0.2) is 0 Å². The average molecular weight is 286 g/mol. The summed E-state index contributed by atoms with van der Waals surface area (Å²) in [5.74, 6) is 1.07. The summed E-state index contributed by atoms with van der Waals surface area (Å²) in [4.78, 5) is 0. The third-order valence-corrected chi connectivity index (χ3v) is 5.12. The number of rotatable bonds is 12. The second kappa shape index (κ2) is 10.6. The SMILES string of the molecule is CCCCC(CC)COC(O)C(C)(CCC)C(C)CC. The molecule has 0 aromatic rings. The first-order chi connectivity index (χ1) is 9.46. The molecule has 0 saturated carbocycles. The van der Waals surface area contributed by atoms with Crippen LogP contribution in [0.4, 0.5) is 0 Å². The topological polar surface area (TPSA) is 29.5 Å². The highest BCUT2D eigenvalue weighted by atomic mass is 16.6. The minimum Gasteiger partial charge on any atom is -0.367 e. The number of aliphatic hydroxyl groups is 1. The quantitative estimate of drug-likeness (QED) is 0.487. The van der Waals surface area contributed by atoms with E-state index in [2.05, 4.69) is 41.5 Å². The van der Waals surface area contributed by atoms with Gasteiger partial charge < -0.3 is 9.84 Å². The second-order valence-corrected chi connectivity index (χ2v) is 6.67. The predicted octanol–water partition coefficient (Wildman–Crippen LogP) is 5.39. The van der Waals surface area contributed by atoms with Crippen LogP contribution >= 0.6 is 0 Å². The molecule has 0 spiro atoms. The Balaban J connectivity index is 4.48. The zero-order valence-electron chi connectivity index (χ0n) is 14.7. The van der Waals surface area contributed by atoms with Crippen LogP contribution in [0.15, 0.2) is 0 Å². The molecular weight excluding hydrogens is 248 g/mol. The van der Waals surface area contributed by atoms with E-state index in [-0.39, 0.29) is 5.41 Å². The van der Waals surface area contributed by atoms with Crippen LogP contribution in [-0.2, 0) is 4.74 Å². The summed E-state index contributed by atoms with van der Waals surface area (Å²) >= 11 is 0. The minimum atomic E-state index is -0.631. The van der Waals surface area contributed by atoms with Gasteiger partial charge in [-0.3, -0.25) is 0 Å². The first kappa shape index (κ1) is 19.9. The highest BCUT2D eigenvalue weighted by Crippen LogP contribution is 2.38. The van der Waals surface area contributed by atoms with Gasteiger partial charge in [-0.2, -0.15) is 0 Å². The Morgan fingerprint density at radius 1 is 1.05 bits per heavy atom. The monoisotopic (exact) mass is 286 g/mol. The lowest BCUT2D eigenvalue weighted by Gasteiger charge is -2.39. The summed E-state index contributed by atoms with van der Waals surface area (Å²) in [7, 11) is 0. The standard InChI is InChI=1S/C18H38O2/c1-7-11-12-16(10-4)14-20-17(19)18(6,13-8-2)15(5)9-3/h15-17,19H,7-14H2,1-6H3. The number of aliphatic hydroxyl groups excluding tert-OH is 1. The summed E-state index contributed by atoms with van der Waals surface area (Å²) < 4.78 is 5.89. The Morgan fingerprint density at radius 2 is 1.70 bits per heavy atom. The van der Waals surface area contributed by atoms with Gasteiger partial charge >= 0.3 is 0 Å². The zero-order chi connectivity index (χ0) is 15.6. The molecular formula is C18H38O2. The maximum atomic E-state index is 10.5. The smallest absolute Gasteiger partial charge is 0.160 e. The van der Waals surface area contributed by atoms with Gasteiger partial charge in [0.25, 0.3) is 0 Å². The molecule has 2 nitrogen and oxygen atoms in total. The van der Waals surface area contributed by atoms with Crippen molar-refractivity contribution in [2.45, 2.75) is 92.8 Å². The van der Waals surface area contributed by atoms with Crippen LogP contribution in [0.2, 0.25) is 0 Å². The van der Waals surface area contributed by atoms with E-state index in [1.165, 1.54) is 19.3 Å². The van der Waals surface area contributed by atoms with Gasteiger partial charge in [0.15, 0.2) is 6.29 Å². The lowest BCUT2D eigenvalue weighted by Crippen LogP contribution is -2.40. The Morgan fingerprint density at radius 3 is 2.15 bits per heavy atom. The van der Waals surface area contributed by atoms with Crippen LogP contribution in [0.5, 0.6) is 0 Å². The lowest BCUT2D eigenvalue weighted by molar-refractivity contribution is -0.195. The molecule has 0 fully saturated rings. The van der Waals surface area contributed by atoms with Crippen LogP contribution < -0.4 is 0 Å². The molecule has 4 unspecified atom stereocenters. The van der Waals surface area contributed by atoms with E-state index >= 15 is 0 Å². The molecule has 0 bridgehead atoms. The maximum Gasteiger partial charge on any atom is 0.160 e. The molecule has 0 saturated heterocycles. The summed E-state index contributed by atoms with van der Waals surface area (Å²) in [6.45, 7) is 13.9. The molecule has 122 valence electrons. The molecule has 0 amide bonds. The Kier molecular flexibility index (Phi) is 10.6. The van der Waals surface area contributed by atoms with Crippen LogP contribution in [0.1, 0.15) is 86.5 Å². The minimum absolute atomic E-state index is 0.119. The molecule has 4 atom stereocenters. The van der Waals surface area contributed by atoms with Crippen LogP contribution in [0.25, 0.3) is 0 Å². The Bertz CT molecular complexity index is 229. The normalized spacial score (nSPS) is 19.4. The number of ether oxygens (including phenoxy) is 1. The largest absolute Gasteiger partial charge is 0.367 e. The van der Waals surface area contributed by atoms with Crippen LogP contribution in [-0.4, -0.2) is 18.0 Å². The summed E-state index contributed by atoms with van der Waals surface area (Å²) in [5.41, 5.74) is -0.119. The second-order valence-electron chi connectivity index (χ2n) is 6.67. The van der Waals surface area contributed by atoms with E-state index in [4.69, 9.17) is 4.74 Å². The fraction of sp³-hybridized carbons (Fsp3) is 1.00. The molecule has 0 rings (SSSR count). The molecule has 1 N–H and O–H groups in total. The van der Waals surface area contributed by atoms with E-state index in [1.54, 1.807) is 0 Å². The molecule has 0 heterocycles. The summed E-state index contributed by atoms with van der Waals surface area (Å²) in [5, 5.41) is 10.5. The molecule has 0 radical (unpaired) electrons. The van der Waals surface area contributed by atoms with Crippen molar-refractivity contribution in [2.24, 2.45) is 17.3 Å². The lowest BCUT2D eigenvalue weighted by atomic mass is 9.73. The van der Waals surface area contributed by atoms with Gasteiger partial charge in [0.1, 0.15) is 0 Å². The van der Waals surface area contributed by atoms with Crippen molar-refractivity contribution in [3.63, 3.8) is 0 Å². The van der Waals surface area contributed by atoms with Crippen molar-refractivity contribution < 1.29 is 9.84 Å². The Hall–Kier alpha value is -0.0800. The number of unbranched alkanes of at least 4 members (excludes halogenated alkanes) is 1. The molecule has 0 aliphatic heterocycles. The van der Waals surface area contributed by atoms with Crippen molar-refractivity contribution >= 4 is 0 Å². The molecule has 0 aromatic heterocycles. The maximum absolute atomic E-state index is 10.5. The summed E-state index contributed by atoms with van der Waals surface area (Å²) in [6.07, 6.45) is 7.42. The summed E-state index contributed by atoms with van der Waals surface area (Å²) in [6, 6.07) is 0. The van der Waals surface area contributed by atoms with Gasteiger partial charge in [0, 0.05) is 5.41 Å². The molecule has 0 aliphatic rings. The fourth-order valence-corrected chi connectivity index (χ4v) is 2.93. The first-order valence-electron chi connectivity index (χ1n) is 8.75. The molecule has 2 heteroatoms. The number of hydrogen-bond donors (Lipinski definition) is 1. The van der Waals surface area contributed by atoms with E-state index in [1.807, 2.05) is 0 Å². The highest BCUT2D eigenvalue weighted by molar-refractivity contribution is 4.82. The van der Waals surface area contributed by atoms with E-state index in [9.17, 15) is 5.11 Å². The number of hydrogen-bond acceptors (Lipinski definition) is 2. The van der Waals surface area contributed by atoms with E-state index in [0.29, 0.717) is 18.4 Å². The van der Waals surface area contributed by atoms with Crippen molar-refractivity contribution in [1.82, 2.24) is 0 Å². The molecule has 0 aliphatic carbocycles. The van der Waals surface area contributed by atoms with Gasteiger partial charge in [-0.1, -0.05) is 73.6 Å².